The fraction of sp³-hybridized carbons (Fsp3) is 0.481. The van der Waals surface area contributed by atoms with Gasteiger partial charge in [-0.1, -0.05) is 0 Å². The van der Waals surface area contributed by atoms with Crippen molar-refractivity contribution < 1.29 is 4.79 Å². The number of carbonyl (C=O) groups is 1. The third kappa shape index (κ3) is 4.73. The zero-order chi connectivity index (χ0) is 25.4. The maximum absolute atomic E-state index is 12.7. The van der Waals surface area contributed by atoms with Gasteiger partial charge in [0, 0.05) is 43.5 Å². The first-order valence-electron chi connectivity index (χ1n) is 13.1. The molecule has 2 aromatic heterocycles. The molecule has 3 fully saturated rings. The monoisotopic (exact) mass is 498 g/mol. The summed E-state index contributed by atoms with van der Waals surface area (Å²) in [5.74, 6) is 0.992. The number of piperidine rings is 2. The van der Waals surface area contributed by atoms with Crippen LogP contribution in [-0.4, -0.2) is 57.2 Å². The highest BCUT2D eigenvalue weighted by Gasteiger charge is 2.44. The first-order valence-corrected chi connectivity index (χ1v) is 13.1. The summed E-state index contributed by atoms with van der Waals surface area (Å²) in [7, 11) is 0. The lowest BCUT2D eigenvalue weighted by Gasteiger charge is -2.34. The number of nitrogens with one attached hydrogen (secondary N) is 2. The summed E-state index contributed by atoms with van der Waals surface area (Å²) >= 11 is 0. The van der Waals surface area contributed by atoms with Gasteiger partial charge in [-0.05, 0) is 68.2 Å². The molecule has 1 amide bonds. The second-order valence-electron chi connectivity index (χ2n) is 10.5. The molecule has 1 aromatic carbocycles. The number of rotatable bonds is 5. The van der Waals surface area contributed by atoms with Crippen LogP contribution in [0.4, 0.5) is 17.2 Å². The molecule has 0 atom stereocenters. The number of H-pyrrole nitrogens is 1. The van der Waals surface area contributed by atoms with E-state index in [1.165, 1.54) is 31.4 Å². The number of amides is 1. The molecule has 0 bridgehead atoms. The van der Waals surface area contributed by atoms with Crippen molar-refractivity contribution >= 4 is 34.0 Å². The molecule has 10 nitrogen and oxygen atoms in total. The minimum Gasteiger partial charge on any atom is -0.371 e. The zero-order valence-electron chi connectivity index (χ0n) is 20.7. The van der Waals surface area contributed by atoms with Crippen molar-refractivity contribution in [3.63, 3.8) is 0 Å². The molecule has 1 saturated carbocycles. The Morgan fingerprint density at radius 2 is 1.81 bits per heavy atom. The first-order chi connectivity index (χ1) is 18.0. The molecule has 37 heavy (non-hydrogen) atoms. The molecule has 0 radical (unpaired) electrons. The van der Waals surface area contributed by atoms with Gasteiger partial charge >= 0.3 is 0 Å². The van der Waals surface area contributed by atoms with Crippen LogP contribution in [0, 0.1) is 16.7 Å². The lowest BCUT2D eigenvalue weighted by Crippen LogP contribution is -2.38. The Morgan fingerprint density at radius 1 is 1.08 bits per heavy atom. The van der Waals surface area contributed by atoms with Gasteiger partial charge in [0.1, 0.15) is 29.0 Å². The molecule has 1 aliphatic carbocycles. The second kappa shape index (κ2) is 9.47. The first kappa shape index (κ1) is 23.4. The van der Waals surface area contributed by atoms with Crippen molar-refractivity contribution in [2.45, 2.75) is 50.9 Å². The van der Waals surface area contributed by atoms with E-state index in [1.54, 1.807) is 11.1 Å². The molecule has 2 saturated heterocycles. The molecular formula is C27H30N8O2. The van der Waals surface area contributed by atoms with Crippen molar-refractivity contribution in [3.05, 3.63) is 46.6 Å². The molecule has 2 aliphatic heterocycles. The molecule has 190 valence electrons. The van der Waals surface area contributed by atoms with Gasteiger partial charge in [0.2, 0.25) is 5.91 Å². The lowest BCUT2D eigenvalue weighted by molar-refractivity contribution is -0.131. The highest BCUT2D eigenvalue weighted by molar-refractivity contribution is 5.89. The van der Waals surface area contributed by atoms with Crippen LogP contribution in [-0.2, 0) is 4.79 Å². The van der Waals surface area contributed by atoms with E-state index in [2.05, 4.69) is 37.5 Å². The van der Waals surface area contributed by atoms with Crippen molar-refractivity contribution in [2.75, 3.05) is 36.4 Å². The number of nitrogens with zero attached hydrogens (tertiary/aromatic N) is 6. The van der Waals surface area contributed by atoms with Gasteiger partial charge in [0.15, 0.2) is 0 Å². The van der Waals surface area contributed by atoms with Crippen molar-refractivity contribution in [2.24, 2.45) is 5.41 Å². The highest BCUT2D eigenvalue weighted by atomic mass is 16.2. The number of fused-ring (bicyclic) bond motifs is 1. The van der Waals surface area contributed by atoms with Gasteiger partial charge in [0.25, 0.3) is 5.56 Å². The summed E-state index contributed by atoms with van der Waals surface area (Å²) in [5.41, 5.74) is 2.85. The molecule has 2 N–H and O–H groups in total. The molecule has 0 unspecified atom stereocenters. The molecule has 3 aliphatic rings. The van der Waals surface area contributed by atoms with Gasteiger partial charge in [-0.15, -0.1) is 0 Å². The fourth-order valence-electron chi connectivity index (χ4n) is 5.67. The summed E-state index contributed by atoms with van der Waals surface area (Å²) in [4.78, 5) is 38.4. The average molecular weight is 499 g/mol. The predicted octanol–water partition coefficient (Wildman–Crippen LogP) is 3.46. The lowest BCUT2D eigenvalue weighted by atomic mass is 9.93. The van der Waals surface area contributed by atoms with E-state index in [4.69, 9.17) is 10.2 Å². The minimum absolute atomic E-state index is 0.0478. The summed E-state index contributed by atoms with van der Waals surface area (Å²) in [6.07, 6.45) is 8.20. The van der Waals surface area contributed by atoms with Gasteiger partial charge in [-0.25, -0.2) is 15.1 Å². The smallest absolute Gasteiger partial charge is 0.277 e. The van der Waals surface area contributed by atoms with Gasteiger partial charge in [0.05, 0.1) is 12.3 Å². The van der Waals surface area contributed by atoms with Crippen LogP contribution in [0.1, 0.15) is 56.7 Å². The van der Waals surface area contributed by atoms with Gasteiger partial charge in [-0.2, -0.15) is 10.4 Å². The summed E-state index contributed by atoms with van der Waals surface area (Å²) in [5, 5.41) is 19.0. The van der Waals surface area contributed by atoms with Crippen LogP contribution in [0.3, 0.4) is 0 Å². The van der Waals surface area contributed by atoms with Crippen LogP contribution in [0.5, 0.6) is 0 Å². The van der Waals surface area contributed by atoms with Crippen LogP contribution in [0.15, 0.2) is 35.3 Å². The third-order valence-corrected chi connectivity index (χ3v) is 8.25. The second-order valence-corrected chi connectivity index (χ2v) is 10.5. The highest BCUT2D eigenvalue weighted by Crippen LogP contribution is 2.53. The third-order valence-electron chi connectivity index (χ3n) is 8.25. The SMILES string of the molecule is N#CCC(=O)N1CCC(c2nc(Nc3ccc(N4CCC5(CC4)CC5)cc3)c3c(=O)[nH]ncc3n2)CC1. The van der Waals surface area contributed by atoms with Crippen molar-refractivity contribution in [3.8, 4) is 6.07 Å². The summed E-state index contributed by atoms with van der Waals surface area (Å²) < 4.78 is 0. The van der Waals surface area contributed by atoms with Crippen LogP contribution in [0.2, 0.25) is 0 Å². The molecule has 10 heteroatoms. The van der Waals surface area contributed by atoms with Crippen LogP contribution >= 0.6 is 0 Å². The number of aromatic amines is 1. The number of hydrogen-bond donors (Lipinski definition) is 2. The van der Waals surface area contributed by atoms with Gasteiger partial charge < -0.3 is 15.1 Å². The Kier molecular flexibility index (Phi) is 5.99. The predicted molar refractivity (Wildman–Crippen MR) is 140 cm³/mol. The number of nitriles is 1. The normalized spacial score (nSPS) is 19.1. The largest absolute Gasteiger partial charge is 0.371 e. The topological polar surface area (TPSA) is 131 Å². The van der Waals surface area contributed by atoms with Gasteiger partial charge in [-0.3, -0.25) is 9.59 Å². The van der Waals surface area contributed by atoms with E-state index in [9.17, 15) is 9.59 Å². The summed E-state index contributed by atoms with van der Waals surface area (Å²) in [6.45, 7) is 3.33. The molecule has 1 spiro atoms. The maximum atomic E-state index is 12.7. The number of aromatic nitrogens is 4. The maximum Gasteiger partial charge on any atom is 0.277 e. The van der Waals surface area contributed by atoms with E-state index >= 15 is 0 Å². The molecular weight excluding hydrogens is 468 g/mol. The number of likely N-dealkylation sites (tertiary alicyclic amines) is 1. The minimum atomic E-state index is -0.345. The standard InChI is InChI=1S/C27H30N8O2/c28-12-5-22(36)35-13-6-18(7-14-35)24-31-21-17-29-33-26(37)23(21)25(32-24)30-19-1-3-20(4-2-19)34-15-10-27(8-9-27)11-16-34/h1-4,17-18H,5-11,13-16H2,(H,33,37)(H,30,31,32). The Labute approximate surface area is 214 Å². The molecule has 4 heterocycles. The van der Waals surface area contributed by atoms with E-state index in [-0.39, 0.29) is 23.8 Å². The zero-order valence-corrected chi connectivity index (χ0v) is 20.7. The number of carbonyl (C=O) groups excluding carboxylic acids is 1. The van der Waals surface area contributed by atoms with Crippen molar-refractivity contribution in [1.82, 2.24) is 25.1 Å². The van der Waals surface area contributed by atoms with Crippen molar-refractivity contribution in [1.29, 1.82) is 5.26 Å². The van der Waals surface area contributed by atoms with E-state index in [1.807, 2.05) is 18.2 Å². The fourth-order valence-corrected chi connectivity index (χ4v) is 5.67. The molecule has 6 rings (SSSR count). The number of hydrogen-bond acceptors (Lipinski definition) is 8. The molecule has 3 aromatic rings. The van der Waals surface area contributed by atoms with Crippen LogP contribution < -0.4 is 15.8 Å². The Balaban J connectivity index is 1.22. The Morgan fingerprint density at radius 3 is 2.49 bits per heavy atom. The van der Waals surface area contributed by atoms with E-state index < -0.39 is 0 Å². The Hall–Kier alpha value is -4.00. The quantitative estimate of drug-likeness (QED) is 0.547. The number of anilines is 3. The Bertz CT molecular complexity index is 1410. The average Bonchev–Trinajstić information content (AvgIpc) is 3.68. The van der Waals surface area contributed by atoms with E-state index in [0.717, 1.165) is 18.8 Å². The van der Waals surface area contributed by atoms with Crippen LogP contribution in [0.25, 0.3) is 10.9 Å². The summed E-state index contributed by atoms with van der Waals surface area (Å²) in [6, 6.07) is 10.2. The van der Waals surface area contributed by atoms with E-state index in [0.29, 0.717) is 53.9 Å². The number of benzene rings is 1.